The molecule has 0 spiro atoms. The van der Waals surface area contributed by atoms with Crippen LogP contribution in [0.1, 0.15) is 36.2 Å². The first-order valence-electron chi connectivity index (χ1n) is 10.8. The maximum absolute atomic E-state index is 14.1. The van der Waals surface area contributed by atoms with Crippen molar-refractivity contribution < 1.29 is 26.7 Å². The molecule has 0 atom stereocenters. The first kappa shape index (κ1) is 22.2. The quantitative estimate of drug-likeness (QED) is 0.404. The average Bonchev–Trinajstić information content (AvgIpc) is 3.21. The molecule has 4 aromatic rings. The molecule has 1 saturated heterocycles. The van der Waals surface area contributed by atoms with Crippen molar-refractivity contribution in [1.29, 1.82) is 0 Å². The molecular formula is C22H19F5N6O. The van der Waals surface area contributed by atoms with Gasteiger partial charge in [0, 0.05) is 36.9 Å². The van der Waals surface area contributed by atoms with Gasteiger partial charge in [-0.3, -0.25) is 18.9 Å². The van der Waals surface area contributed by atoms with Crippen LogP contribution in [-0.4, -0.2) is 54.2 Å². The summed E-state index contributed by atoms with van der Waals surface area (Å²) in [6.07, 6.45) is 2.58. The van der Waals surface area contributed by atoms with Crippen LogP contribution < -0.4 is 0 Å². The van der Waals surface area contributed by atoms with Gasteiger partial charge in [-0.2, -0.15) is 18.3 Å². The van der Waals surface area contributed by atoms with E-state index in [1.165, 1.54) is 18.5 Å². The summed E-state index contributed by atoms with van der Waals surface area (Å²) in [6.45, 7) is -0.292. The van der Waals surface area contributed by atoms with E-state index >= 15 is 0 Å². The molecule has 1 aliphatic rings. The van der Waals surface area contributed by atoms with Gasteiger partial charge in [0.05, 0.1) is 17.4 Å². The van der Waals surface area contributed by atoms with E-state index in [1.54, 1.807) is 4.90 Å². The molecule has 1 amide bonds. The molecular weight excluding hydrogens is 459 g/mol. The van der Waals surface area contributed by atoms with E-state index in [4.69, 9.17) is 0 Å². The molecule has 12 heteroatoms. The zero-order chi connectivity index (χ0) is 24.0. The number of carbonyl (C=O) groups excluding carboxylic acids is 1. The molecule has 4 aromatic heterocycles. The van der Waals surface area contributed by atoms with E-state index < -0.39 is 24.4 Å². The van der Waals surface area contributed by atoms with Crippen LogP contribution in [0.4, 0.5) is 22.0 Å². The Kier molecular flexibility index (Phi) is 5.45. The topological polar surface area (TPSA) is 68.3 Å². The number of fused-ring (bicyclic) bond motifs is 2. The van der Waals surface area contributed by atoms with E-state index in [9.17, 15) is 26.7 Å². The maximum Gasteiger partial charge on any atom is 0.408 e. The lowest BCUT2D eigenvalue weighted by molar-refractivity contribution is -0.141. The summed E-state index contributed by atoms with van der Waals surface area (Å²) in [5.74, 6) is -2.16. The third-order valence-corrected chi connectivity index (χ3v) is 5.85. The standard InChI is InChI=1S/C22H19F5N6O/c23-13-7-15(24)20-29-10-18(32(20)11-13)19-14-9-28-16(21(34)31-5-3-1-2-4-6-31)8-17(14)33(30-19)12-22(25,26)27/h7-11H,1-6,12H2. The summed E-state index contributed by atoms with van der Waals surface area (Å²) < 4.78 is 69.7. The SMILES string of the molecule is O=C(c1cc2c(cn1)c(-c1cnc3c(F)cc(F)cn13)nn2CC(F)(F)F)N1CCCCCC1. The lowest BCUT2D eigenvalue weighted by Crippen LogP contribution is -2.32. The number of hydrogen-bond donors (Lipinski definition) is 0. The Labute approximate surface area is 189 Å². The summed E-state index contributed by atoms with van der Waals surface area (Å²) in [5, 5.41) is 4.28. The number of carbonyl (C=O) groups is 1. The van der Waals surface area contributed by atoms with Crippen LogP contribution in [-0.2, 0) is 6.54 Å². The van der Waals surface area contributed by atoms with Gasteiger partial charge in [-0.15, -0.1) is 0 Å². The Hall–Kier alpha value is -3.57. The van der Waals surface area contributed by atoms with E-state index in [2.05, 4.69) is 15.1 Å². The van der Waals surface area contributed by atoms with Gasteiger partial charge in [-0.05, 0) is 18.9 Å². The zero-order valence-electron chi connectivity index (χ0n) is 17.8. The van der Waals surface area contributed by atoms with E-state index in [-0.39, 0.29) is 39.5 Å². The number of halogens is 5. The van der Waals surface area contributed by atoms with Gasteiger partial charge in [-0.25, -0.2) is 13.8 Å². The predicted molar refractivity (Wildman–Crippen MR) is 112 cm³/mol. The third-order valence-electron chi connectivity index (χ3n) is 5.85. The molecule has 5 rings (SSSR count). The highest BCUT2D eigenvalue weighted by atomic mass is 19.4. The van der Waals surface area contributed by atoms with Crippen molar-refractivity contribution in [2.45, 2.75) is 38.4 Å². The van der Waals surface area contributed by atoms with Crippen LogP contribution in [0.2, 0.25) is 0 Å². The number of hydrogen-bond acceptors (Lipinski definition) is 4. The van der Waals surface area contributed by atoms with Gasteiger partial charge < -0.3 is 4.90 Å². The van der Waals surface area contributed by atoms with Crippen LogP contribution in [0.25, 0.3) is 27.9 Å². The normalized spacial score (nSPS) is 15.3. The molecule has 0 aromatic carbocycles. The largest absolute Gasteiger partial charge is 0.408 e. The molecule has 0 saturated carbocycles. The average molecular weight is 478 g/mol. The lowest BCUT2D eigenvalue weighted by Gasteiger charge is -2.19. The minimum atomic E-state index is -4.59. The number of nitrogens with zero attached hydrogens (tertiary/aromatic N) is 6. The minimum absolute atomic E-state index is 0.0121. The molecule has 0 aliphatic carbocycles. The minimum Gasteiger partial charge on any atom is -0.337 e. The molecule has 1 fully saturated rings. The number of likely N-dealkylation sites (tertiary alicyclic amines) is 1. The second kappa shape index (κ2) is 8.33. The Morgan fingerprint density at radius 2 is 1.74 bits per heavy atom. The molecule has 0 N–H and O–H groups in total. The molecule has 1 aliphatic heterocycles. The fourth-order valence-corrected chi connectivity index (χ4v) is 4.29. The van der Waals surface area contributed by atoms with Crippen LogP contribution in [0.15, 0.2) is 30.7 Å². The summed E-state index contributed by atoms with van der Waals surface area (Å²) >= 11 is 0. The van der Waals surface area contributed by atoms with Crippen LogP contribution >= 0.6 is 0 Å². The van der Waals surface area contributed by atoms with Crippen LogP contribution in [0, 0.1) is 11.6 Å². The molecule has 178 valence electrons. The van der Waals surface area contributed by atoms with E-state index in [1.807, 2.05) is 0 Å². The van der Waals surface area contributed by atoms with Gasteiger partial charge in [-0.1, -0.05) is 12.8 Å². The van der Waals surface area contributed by atoms with Gasteiger partial charge in [0.25, 0.3) is 5.91 Å². The van der Waals surface area contributed by atoms with Crippen molar-refractivity contribution in [3.05, 3.63) is 48.1 Å². The number of amides is 1. The fraction of sp³-hybridized carbons (Fsp3) is 0.364. The third kappa shape index (κ3) is 4.08. The maximum atomic E-state index is 14.1. The smallest absolute Gasteiger partial charge is 0.337 e. The van der Waals surface area contributed by atoms with E-state index in [0.717, 1.165) is 41.0 Å². The summed E-state index contributed by atoms with van der Waals surface area (Å²) in [4.78, 5) is 22.8. The molecule has 0 bridgehead atoms. The Morgan fingerprint density at radius 1 is 1.00 bits per heavy atom. The van der Waals surface area contributed by atoms with E-state index in [0.29, 0.717) is 19.2 Å². The number of alkyl halides is 3. The van der Waals surface area contributed by atoms with Crippen molar-refractivity contribution >= 4 is 22.5 Å². The van der Waals surface area contributed by atoms with Crippen LogP contribution in [0.3, 0.4) is 0 Å². The van der Waals surface area contributed by atoms with Crippen molar-refractivity contribution in [3.63, 3.8) is 0 Å². The number of rotatable bonds is 3. The van der Waals surface area contributed by atoms with Gasteiger partial charge in [0.1, 0.15) is 23.7 Å². The predicted octanol–water partition coefficient (Wildman–Crippen LogP) is 4.60. The van der Waals surface area contributed by atoms with Gasteiger partial charge in [0.15, 0.2) is 11.5 Å². The van der Waals surface area contributed by atoms with Crippen molar-refractivity contribution in [2.24, 2.45) is 0 Å². The molecule has 34 heavy (non-hydrogen) atoms. The fourth-order valence-electron chi connectivity index (χ4n) is 4.29. The Balaban J connectivity index is 1.65. The number of imidazole rings is 1. The highest BCUT2D eigenvalue weighted by molar-refractivity contribution is 5.99. The molecule has 0 radical (unpaired) electrons. The Morgan fingerprint density at radius 3 is 2.44 bits per heavy atom. The number of aromatic nitrogens is 5. The summed E-state index contributed by atoms with van der Waals surface area (Å²) in [6, 6.07) is 1.95. The summed E-state index contributed by atoms with van der Waals surface area (Å²) in [7, 11) is 0. The summed E-state index contributed by atoms with van der Waals surface area (Å²) in [5.41, 5.74) is -0.0478. The molecule has 7 nitrogen and oxygen atoms in total. The van der Waals surface area contributed by atoms with Crippen molar-refractivity contribution in [3.8, 4) is 11.4 Å². The number of pyridine rings is 2. The monoisotopic (exact) mass is 478 g/mol. The lowest BCUT2D eigenvalue weighted by atomic mass is 10.2. The van der Waals surface area contributed by atoms with Crippen molar-refractivity contribution in [1.82, 2.24) is 29.0 Å². The second-order valence-electron chi connectivity index (χ2n) is 8.26. The first-order chi connectivity index (χ1) is 16.2. The first-order valence-corrected chi connectivity index (χ1v) is 10.8. The van der Waals surface area contributed by atoms with Crippen molar-refractivity contribution in [2.75, 3.05) is 13.1 Å². The molecule has 0 unspecified atom stereocenters. The Bertz CT molecular complexity index is 1380. The zero-order valence-corrected chi connectivity index (χ0v) is 17.8. The second-order valence-corrected chi connectivity index (χ2v) is 8.26. The van der Waals surface area contributed by atoms with Gasteiger partial charge >= 0.3 is 6.18 Å². The highest BCUT2D eigenvalue weighted by Gasteiger charge is 2.31. The van der Waals surface area contributed by atoms with Gasteiger partial charge in [0.2, 0.25) is 0 Å². The highest BCUT2D eigenvalue weighted by Crippen LogP contribution is 2.31. The molecule has 5 heterocycles. The van der Waals surface area contributed by atoms with Crippen LogP contribution in [0.5, 0.6) is 0 Å².